The molecule has 1 heterocycles. The highest BCUT2D eigenvalue weighted by Crippen LogP contribution is 2.38. The molecule has 1 saturated heterocycles. The minimum absolute atomic E-state index is 0.253. The average Bonchev–Trinajstić information content (AvgIpc) is 3.01. The summed E-state index contributed by atoms with van der Waals surface area (Å²) in [5, 5.41) is 1.60. The van der Waals surface area contributed by atoms with Crippen LogP contribution in [0, 0.1) is 0 Å². The normalized spacial score (nSPS) is 15.4. The van der Waals surface area contributed by atoms with Crippen LogP contribution in [-0.2, 0) is 11.3 Å². The van der Waals surface area contributed by atoms with Gasteiger partial charge in [-0.15, -0.1) is 0 Å². The molecule has 1 aliphatic rings. The van der Waals surface area contributed by atoms with E-state index in [-0.39, 0.29) is 17.7 Å². The minimum Gasteiger partial charge on any atom is -0.497 e. The first-order chi connectivity index (χ1) is 14.1. The van der Waals surface area contributed by atoms with E-state index in [1.54, 1.807) is 20.3 Å². The summed E-state index contributed by atoms with van der Waals surface area (Å²) < 4.78 is 10.9. The lowest BCUT2D eigenvalue weighted by atomic mass is 10.0. The van der Waals surface area contributed by atoms with Crippen molar-refractivity contribution in [2.75, 3.05) is 14.2 Å². The summed E-state index contributed by atoms with van der Waals surface area (Å²) in [6.45, 7) is 0.253. The first-order valence-corrected chi connectivity index (χ1v) is 9.86. The second kappa shape index (κ2) is 8.01. The number of thioether (sulfide) groups is 1. The number of nitrogens with zero attached hydrogens (tertiary/aromatic N) is 1. The lowest BCUT2D eigenvalue weighted by molar-refractivity contribution is -0.123. The molecule has 0 atom stereocenters. The van der Waals surface area contributed by atoms with E-state index in [0.29, 0.717) is 16.4 Å². The summed E-state index contributed by atoms with van der Waals surface area (Å²) in [6, 6.07) is 19.0. The Morgan fingerprint density at radius 3 is 2.45 bits per heavy atom. The van der Waals surface area contributed by atoms with Crippen molar-refractivity contribution >= 4 is 39.8 Å². The highest BCUT2D eigenvalue weighted by Gasteiger charge is 2.35. The molecular formula is C23H19NO4S. The quantitative estimate of drug-likeness (QED) is 0.553. The molecule has 0 radical (unpaired) electrons. The Bertz CT molecular complexity index is 1120. The molecule has 6 heteroatoms. The van der Waals surface area contributed by atoms with E-state index in [0.717, 1.165) is 33.7 Å². The van der Waals surface area contributed by atoms with Gasteiger partial charge in [-0.05, 0) is 52.4 Å². The number of carbonyl (C=O) groups is 2. The Labute approximate surface area is 172 Å². The molecule has 5 nitrogen and oxygen atoms in total. The maximum absolute atomic E-state index is 12.9. The molecule has 146 valence electrons. The fourth-order valence-corrected chi connectivity index (χ4v) is 4.11. The molecule has 0 aromatic heterocycles. The summed E-state index contributed by atoms with van der Waals surface area (Å²) in [5.74, 6) is 1.03. The van der Waals surface area contributed by atoms with Crippen LogP contribution < -0.4 is 9.47 Å². The van der Waals surface area contributed by atoms with Crippen molar-refractivity contribution in [2.45, 2.75) is 6.54 Å². The summed E-state index contributed by atoms with van der Waals surface area (Å²) >= 11 is 0.945. The van der Waals surface area contributed by atoms with Crippen molar-refractivity contribution in [1.82, 2.24) is 4.90 Å². The summed E-state index contributed by atoms with van der Waals surface area (Å²) in [7, 11) is 3.19. The Morgan fingerprint density at radius 1 is 0.966 bits per heavy atom. The molecule has 29 heavy (non-hydrogen) atoms. The van der Waals surface area contributed by atoms with E-state index in [1.807, 2.05) is 60.7 Å². The maximum Gasteiger partial charge on any atom is 0.293 e. The van der Waals surface area contributed by atoms with Gasteiger partial charge in [-0.3, -0.25) is 14.5 Å². The van der Waals surface area contributed by atoms with Crippen LogP contribution in [0.25, 0.3) is 16.8 Å². The Kier molecular flexibility index (Phi) is 5.27. The van der Waals surface area contributed by atoms with Gasteiger partial charge in [0.1, 0.15) is 11.5 Å². The molecular weight excluding hydrogens is 386 g/mol. The van der Waals surface area contributed by atoms with Crippen LogP contribution in [0.15, 0.2) is 65.6 Å². The van der Waals surface area contributed by atoms with Crippen molar-refractivity contribution in [1.29, 1.82) is 0 Å². The molecule has 3 aromatic carbocycles. The summed E-state index contributed by atoms with van der Waals surface area (Å²) in [6.07, 6.45) is 1.73. The number of rotatable bonds is 5. The first kappa shape index (κ1) is 19.1. The van der Waals surface area contributed by atoms with Gasteiger partial charge in [0.15, 0.2) is 0 Å². The third-order valence-corrected chi connectivity index (χ3v) is 5.69. The SMILES string of the molecule is COc1ccc2ccc(OC)c(/C=C3\SC(=O)N(Cc4ccccc4)C3=O)c2c1. The number of imide groups is 1. The predicted molar refractivity (Wildman–Crippen MR) is 115 cm³/mol. The van der Waals surface area contributed by atoms with Gasteiger partial charge in [-0.1, -0.05) is 42.5 Å². The molecule has 4 rings (SSSR count). The van der Waals surface area contributed by atoms with Gasteiger partial charge in [-0.2, -0.15) is 0 Å². The molecule has 1 aliphatic heterocycles. The molecule has 0 aliphatic carbocycles. The number of methoxy groups -OCH3 is 2. The number of amides is 2. The fourth-order valence-electron chi connectivity index (χ4n) is 3.29. The second-order valence-electron chi connectivity index (χ2n) is 6.52. The number of hydrogen-bond donors (Lipinski definition) is 0. The Morgan fingerprint density at radius 2 is 1.72 bits per heavy atom. The van der Waals surface area contributed by atoms with Crippen molar-refractivity contribution in [3.05, 3.63) is 76.7 Å². The molecule has 0 unspecified atom stereocenters. The van der Waals surface area contributed by atoms with E-state index in [2.05, 4.69) is 0 Å². The maximum atomic E-state index is 12.9. The minimum atomic E-state index is -0.300. The van der Waals surface area contributed by atoms with Crippen LogP contribution in [0.5, 0.6) is 11.5 Å². The van der Waals surface area contributed by atoms with Crippen molar-refractivity contribution in [3.63, 3.8) is 0 Å². The third kappa shape index (κ3) is 3.71. The molecule has 0 spiro atoms. The van der Waals surface area contributed by atoms with Crippen LogP contribution in [0.3, 0.4) is 0 Å². The van der Waals surface area contributed by atoms with Crippen LogP contribution >= 0.6 is 11.8 Å². The topological polar surface area (TPSA) is 55.8 Å². The van der Waals surface area contributed by atoms with Gasteiger partial charge in [0, 0.05) is 5.56 Å². The van der Waals surface area contributed by atoms with Crippen molar-refractivity contribution in [3.8, 4) is 11.5 Å². The average molecular weight is 405 g/mol. The van der Waals surface area contributed by atoms with E-state index in [9.17, 15) is 9.59 Å². The van der Waals surface area contributed by atoms with Gasteiger partial charge in [0.2, 0.25) is 0 Å². The van der Waals surface area contributed by atoms with Crippen LogP contribution in [0.2, 0.25) is 0 Å². The second-order valence-corrected chi connectivity index (χ2v) is 7.52. The lowest BCUT2D eigenvalue weighted by Gasteiger charge is -2.12. The number of hydrogen-bond acceptors (Lipinski definition) is 5. The van der Waals surface area contributed by atoms with Crippen LogP contribution in [0.4, 0.5) is 4.79 Å². The molecule has 3 aromatic rings. The largest absolute Gasteiger partial charge is 0.497 e. The monoisotopic (exact) mass is 405 g/mol. The van der Waals surface area contributed by atoms with Gasteiger partial charge in [-0.25, -0.2) is 0 Å². The third-order valence-electron chi connectivity index (χ3n) is 4.78. The van der Waals surface area contributed by atoms with E-state index >= 15 is 0 Å². The Balaban J connectivity index is 1.75. The van der Waals surface area contributed by atoms with Crippen molar-refractivity contribution < 1.29 is 19.1 Å². The molecule has 1 fully saturated rings. The van der Waals surface area contributed by atoms with Gasteiger partial charge in [0.25, 0.3) is 11.1 Å². The van der Waals surface area contributed by atoms with Crippen LogP contribution in [0.1, 0.15) is 11.1 Å². The van der Waals surface area contributed by atoms with Gasteiger partial charge < -0.3 is 9.47 Å². The fraction of sp³-hybridized carbons (Fsp3) is 0.130. The van der Waals surface area contributed by atoms with Gasteiger partial charge >= 0.3 is 0 Å². The zero-order chi connectivity index (χ0) is 20.4. The molecule has 0 bridgehead atoms. The van der Waals surface area contributed by atoms with E-state index in [1.165, 1.54) is 4.90 Å². The number of benzene rings is 3. The molecule has 0 saturated carbocycles. The number of carbonyl (C=O) groups excluding carboxylic acids is 2. The summed E-state index contributed by atoms with van der Waals surface area (Å²) in [5.41, 5.74) is 1.65. The highest BCUT2D eigenvalue weighted by molar-refractivity contribution is 8.18. The lowest BCUT2D eigenvalue weighted by Crippen LogP contribution is -2.27. The number of fused-ring (bicyclic) bond motifs is 1. The van der Waals surface area contributed by atoms with E-state index < -0.39 is 0 Å². The highest BCUT2D eigenvalue weighted by atomic mass is 32.2. The smallest absolute Gasteiger partial charge is 0.293 e. The molecule has 0 N–H and O–H groups in total. The number of ether oxygens (including phenoxy) is 2. The molecule has 2 amide bonds. The zero-order valence-electron chi connectivity index (χ0n) is 16.0. The van der Waals surface area contributed by atoms with Gasteiger partial charge in [0.05, 0.1) is 25.7 Å². The van der Waals surface area contributed by atoms with Crippen LogP contribution in [-0.4, -0.2) is 30.3 Å². The van der Waals surface area contributed by atoms with E-state index in [4.69, 9.17) is 9.47 Å². The zero-order valence-corrected chi connectivity index (χ0v) is 16.9. The standard InChI is InChI=1S/C23H19NO4S/c1-27-17-10-8-16-9-11-20(28-2)19(18(16)12-17)13-21-22(25)24(23(26)29-21)14-15-6-4-3-5-7-15/h3-13H,14H2,1-2H3/b21-13-. The first-order valence-electron chi connectivity index (χ1n) is 9.04. The van der Waals surface area contributed by atoms with Crippen molar-refractivity contribution in [2.24, 2.45) is 0 Å². The Hall–Kier alpha value is -3.25. The summed E-state index contributed by atoms with van der Waals surface area (Å²) in [4.78, 5) is 27.1. The predicted octanol–water partition coefficient (Wildman–Crippen LogP) is 5.09.